The van der Waals surface area contributed by atoms with E-state index in [1.54, 1.807) is 27.7 Å². The molecule has 0 spiro atoms. The maximum absolute atomic E-state index is 13.4. The third-order valence-electron chi connectivity index (χ3n) is 4.53. The van der Waals surface area contributed by atoms with E-state index in [9.17, 15) is 18.3 Å². The zero-order valence-electron chi connectivity index (χ0n) is 15.5. The standard InChI is InChI=1S/C17H27BF3NO3/c1-15(2,23)16(3,4)25-18-13-10-12(17(19,20)21)11(9-14(13)22)7-6-8-24-5/h9-10,18,23H,6-8,22H2,1-5H3. The summed E-state index contributed by atoms with van der Waals surface area (Å²) in [5.41, 5.74) is 3.76. The normalized spacial score (nSPS) is 13.2. The van der Waals surface area contributed by atoms with Gasteiger partial charge in [-0.2, -0.15) is 13.2 Å². The number of aliphatic hydroxyl groups is 1. The van der Waals surface area contributed by atoms with Gasteiger partial charge in [-0.1, -0.05) is 6.07 Å². The lowest BCUT2D eigenvalue weighted by molar-refractivity contribution is -0.138. The van der Waals surface area contributed by atoms with Gasteiger partial charge in [0.05, 0.1) is 16.8 Å². The molecule has 3 N–H and O–H groups in total. The Bertz CT molecular complexity index is 584. The van der Waals surface area contributed by atoms with Gasteiger partial charge in [0.15, 0.2) is 0 Å². The lowest BCUT2D eigenvalue weighted by Gasteiger charge is -2.37. The molecule has 0 aliphatic rings. The van der Waals surface area contributed by atoms with E-state index in [1.165, 1.54) is 13.2 Å². The quantitative estimate of drug-likeness (QED) is 0.424. The van der Waals surface area contributed by atoms with Crippen LogP contribution in [0.5, 0.6) is 0 Å². The molecule has 1 aromatic rings. The van der Waals surface area contributed by atoms with E-state index in [0.29, 0.717) is 13.0 Å². The molecule has 0 fully saturated rings. The highest BCUT2D eigenvalue weighted by molar-refractivity contribution is 6.49. The van der Waals surface area contributed by atoms with Crippen molar-refractivity contribution in [2.24, 2.45) is 0 Å². The summed E-state index contributed by atoms with van der Waals surface area (Å²) >= 11 is 0. The fourth-order valence-corrected chi connectivity index (χ4v) is 2.15. The van der Waals surface area contributed by atoms with Crippen molar-refractivity contribution in [3.05, 3.63) is 23.3 Å². The van der Waals surface area contributed by atoms with Crippen molar-refractivity contribution in [3.63, 3.8) is 0 Å². The Morgan fingerprint density at radius 1 is 1.16 bits per heavy atom. The molecular weight excluding hydrogens is 334 g/mol. The number of halogens is 3. The Morgan fingerprint density at radius 2 is 1.76 bits per heavy atom. The molecule has 8 heteroatoms. The monoisotopic (exact) mass is 361 g/mol. The highest BCUT2D eigenvalue weighted by Crippen LogP contribution is 2.33. The van der Waals surface area contributed by atoms with Crippen LogP contribution in [0.3, 0.4) is 0 Å². The Morgan fingerprint density at radius 3 is 2.24 bits per heavy atom. The van der Waals surface area contributed by atoms with Crippen LogP contribution < -0.4 is 11.2 Å². The summed E-state index contributed by atoms with van der Waals surface area (Å²) in [4.78, 5) is 0. The number of methoxy groups -OCH3 is 1. The minimum absolute atomic E-state index is 0.121. The largest absolute Gasteiger partial charge is 0.427 e. The molecule has 0 saturated carbocycles. The third-order valence-corrected chi connectivity index (χ3v) is 4.53. The average Bonchev–Trinajstić information content (AvgIpc) is 2.44. The number of ether oxygens (including phenoxy) is 1. The maximum atomic E-state index is 13.4. The van der Waals surface area contributed by atoms with Crippen molar-refractivity contribution in [2.75, 3.05) is 19.5 Å². The van der Waals surface area contributed by atoms with Crippen molar-refractivity contribution >= 4 is 18.6 Å². The molecule has 0 bridgehead atoms. The molecule has 0 amide bonds. The molecule has 0 heterocycles. The number of anilines is 1. The van der Waals surface area contributed by atoms with E-state index in [-0.39, 0.29) is 30.6 Å². The van der Waals surface area contributed by atoms with Gasteiger partial charge in [0, 0.05) is 19.4 Å². The second kappa shape index (κ2) is 7.97. The fraction of sp³-hybridized carbons (Fsp3) is 0.647. The minimum atomic E-state index is -4.48. The lowest BCUT2D eigenvalue weighted by atomic mass is 9.80. The van der Waals surface area contributed by atoms with E-state index in [2.05, 4.69) is 0 Å². The molecule has 0 radical (unpaired) electrons. The van der Waals surface area contributed by atoms with Crippen LogP contribution in [0.15, 0.2) is 12.1 Å². The van der Waals surface area contributed by atoms with Crippen LogP contribution in [-0.4, -0.2) is 37.5 Å². The van der Waals surface area contributed by atoms with Gasteiger partial charge in [-0.3, -0.25) is 0 Å². The Labute approximate surface area is 147 Å². The Balaban J connectivity index is 3.09. The van der Waals surface area contributed by atoms with Crippen LogP contribution in [0.2, 0.25) is 0 Å². The Kier molecular flexibility index (Phi) is 6.95. The smallest absolute Gasteiger partial charge is 0.416 e. The summed E-state index contributed by atoms with van der Waals surface area (Å²) in [6, 6.07) is 2.40. The molecule has 1 aromatic carbocycles. The molecule has 0 aliphatic heterocycles. The second-order valence-corrected chi connectivity index (χ2v) is 7.16. The predicted molar refractivity (Wildman–Crippen MR) is 94.3 cm³/mol. The first-order valence-corrected chi connectivity index (χ1v) is 8.13. The minimum Gasteiger partial charge on any atom is -0.427 e. The number of hydrogen-bond acceptors (Lipinski definition) is 4. The van der Waals surface area contributed by atoms with Crippen molar-refractivity contribution in [1.82, 2.24) is 0 Å². The van der Waals surface area contributed by atoms with E-state index < -0.39 is 22.9 Å². The highest BCUT2D eigenvalue weighted by Gasteiger charge is 2.37. The molecule has 25 heavy (non-hydrogen) atoms. The Hall–Kier alpha value is -1.25. The predicted octanol–water partition coefficient (Wildman–Crippen LogP) is 2.41. The first-order valence-electron chi connectivity index (χ1n) is 8.13. The zero-order valence-corrected chi connectivity index (χ0v) is 15.5. The third kappa shape index (κ3) is 5.90. The van der Waals surface area contributed by atoms with Gasteiger partial charge in [0.1, 0.15) is 0 Å². The number of hydrogen-bond donors (Lipinski definition) is 2. The summed E-state index contributed by atoms with van der Waals surface area (Å²) in [5, 5.41) is 10.1. The number of rotatable bonds is 8. The molecule has 0 saturated heterocycles. The van der Waals surface area contributed by atoms with E-state index in [0.717, 1.165) is 6.07 Å². The van der Waals surface area contributed by atoms with E-state index >= 15 is 0 Å². The van der Waals surface area contributed by atoms with Gasteiger partial charge < -0.3 is 20.2 Å². The highest BCUT2D eigenvalue weighted by atomic mass is 19.4. The van der Waals surface area contributed by atoms with Crippen molar-refractivity contribution in [2.45, 2.75) is 57.9 Å². The topological polar surface area (TPSA) is 64.7 Å². The summed E-state index contributed by atoms with van der Waals surface area (Å²) < 4.78 is 50.7. The van der Waals surface area contributed by atoms with Gasteiger partial charge in [0.2, 0.25) is 0 Å². The van der Waals surface area contributed by atoms with Gasteiger partial charge >= 0.3 is 13.7 Å². The molecule has 0 unspecified atom stereocenters. The van der Waals surface area contributed by atoms with Crippen LogP contribution in [-0.2, 0) is 22.0 Å². The summed E-state index contributed by atoms with van der Waals surface area (Å²) in [6.07, 6.45) is -3.78. The zero-order chi connectivity index (χ0) is 19.5. The van der Waals surface area contributed by atoms with Crippen molar-refractivity contribution in [3.8, 4) is 0 Å². The number of aryl methyl sites for hydroxylation is 1. The average molecular weight is 361 g/mol. The molecular formula is C17H27BF3NO3. The van der Waals surface area contributed by atoms with Crippen molar-refractivity contribution < 1.29 is 27.7 Å². The van der Waals surface area contributed by atoms with Gasteiger partial charge in [-0.15, -0.1) is 0 Å². The van der Waals surface area contributed by atoms with E-state index in [1.807, 2.05) is 0 Å². The van der Waals surface area contributed by atoms with Crippen LogP contribution in [0.4, 0.5) is 18.9 Å². The first kappa shape index (κ1) is 21.8. The number of benzene rings is 1. The number of alkyl halides is 3. The van der Waals surface area contributed by atoms with Crippen LogP contribution in [0, 0.1) is 0 Å². The number of nitrogen functional groups attached to an aromatic ring is 1. The molecule has 0 aliphatic carbocycles. The van der Waals surface area contributed by atoms with Gasteiger partial charge in [0.25, 0.3) is 0 Å². The van der Waals surface area contributed by atoms with Crippen molar-refractivity contribution in [1.29, 1.82) is 0 Å². The molecule has 0 aromatic heterocycles. The summed E-state index contributed by atoms with van der Waals surface area (Å²) in [5.74, 6) is 0. The van der Waals surface area contributed by atoms with Gasteiger partial charge in [-0.05, 0) is 57.6 Å². The van der Waals surface area contributed by atoms with E-state index in [4.69, 9.17) is 15.1 Å². The van der Waals surface area contributed by atoms with Gasteiger partial charge in [-0.25, -0.2) is 0 Å². The molecule has 0 atom stereocenters. The number of nitrogens with two attached hydrogens (primary N) is 1. The fourth-order valence-electron chi connectivity index (χ4n) is 2.15. The lowest BCUT2D eigenvalue weighted by Crippen LogP contribution is -2.49. The molecule has 1 rings (SSSR count). The SMILES string of the molecule is COCCCc1cc(N)c(BOC(C)(C)C(C)(C)O)cc1C(F)(F)F. The second-order valence-electron chi connectivity index (χ2n) is 7.16. The van der Waals surface area contributed by atoms with Crippen LogP contribution in [0.25, 0.3) is 0 Å². The first-order chi connectivity index (χ1) is 11.3. The van der Waals surface area contributed by atoms with Crippen LogP contribution in [0.1, 0.15) is 45.2 Å². The molecule has 142 valence electrons. The van der Waals surface area contributed by atoms with Crippen LogP contribution >= 0.6 is 0 Å². The molecule has 4 nitrogen and oxygen atoms in total. The summed E-state index contributed by atoms with van der Waals surface area (Å²) in [7, 11) is 1.38. The maximum Gasteiger partial charge on any atom is 0.416 e. The summed E-state index contributed by atoms with van der Waals surface area (Å²) in [6.45, 7) is 6.88.